The van der Waals surface area contributed by atoms with Crippen LogP contribution in [0.15, 0.2) is 53.3 Å². The molecule has 3 heterocycles. The first kappa shape index (κ1) is 23.7. The van der Waals surface area contributed by atoms with E-state index < -0.39 is 18.1 Å². The van der Waals surface area contributed by atoms with E-state index in [0.29, 0.717) is 5.76 Å². The number of nitrogens with zero attached hydrogens (tertiary/aromatic N) is 4. The predicted molar refractivity (Wildman–Crippen MR) is 125 cm³/mol. The number of nitrogens with one attached hydrogen (secondary N) is 1. The number of aliphatic hydroxyl groups excluding tert-OH is 1. The van der Waals surface area contributed by atoms with Crippen molar-refractivity contribution in [2.45, 2.75) is 51.3 Å². The molecule has 1 fully saturated rings. The summed E-state index contributed by atoms with van der Waals surface area (Å²) in [5.41, 5.74) is 2.98. The molecule has 34 heavy (non-hydrogen) atoms. The molecule has 9 heteroatoms. The maximum absolute atomic E-state index is 13.4. The molecule has 4 atom stereocenters. The number of hydrogen-bond acceptors (Lipinski definition) is 6. The predicted octanol–water partition coefficient (Wildman–Crippen LogP) is 2.65. The van der Waals surface area contributed by atoms with Crippen LogP contribution in [0.1, 0.15) is 50.5 Å². The standard InChI is InChI=1S/C25H31N5O4/c1-15(2)23(22-10-12-27-34-22)25(33)30-14-19(31)13-21(30)24(32)28-16(3)17-5-7-18(8-6-17)20-9-11-26-29(20)4/h5-12,15-16,19,21,23,31H,13-14H2,1-4H3,(H,28,32)/t16-,19+,21-,23?/m0/s1. The molecule has 1 aliphatic rings. The Labute approximate surface area is 198 Å². The molecule has 0 bridgehead atoms. The van der Waals surface area contributed by atoms with Gasteiger partial charge in [0.25, 0.3) is 0 Å². The number of aryl methyl sites for hydroxylation is 1. The highest BCUT2D eigenvalue weighted by Gasteiger charge is 2.43. The molecule has 0 spiro atoms. The minimum Gasteiger partial charge on any atom is -0.391 e. The number of β-amino-alcohol motifs (C(OH)–C–C–N with tert-alkyl or cyclic N) is 1. The second-order valence-electron chi connectivity index (χ2n) is 9.22. The van der Waals surface area contributed by atoms with Gasteiger partial charge in [0.05, 0.1) is 24.0 Å². The van der Waals surface area contributed by atoms with E-state index in [1.165, 1.54) is 11.1 Å². The smallest absolute Gasteiger partial charge is 0.243 e. The molecule has 2 N–H and O–H groups in total. The van der Waals surface area contributed by atoms with E-state index in [9.17, 15) is 14.7 Å². The lowest BCUT2D eigenvalue weighted by molar-refractivity contribution is -0.141. The molecule has 0 radical (unpaired) electrons. The second-order valence-corrected chi connectivity index (χ2v) is 9.22. The van der Waals surface area contributed by atoms with Crippen LogP contribution in [0.2, 0.25) is 0 Å². The second kappa shape index (κ2) is 9.80. The van der Waals surface area contributed by atoms with Gasteiger partial charge in [-0.15, -0.1) is 0 Å². The van der Waals surface area contributed by atoms with Gasteiger partial charge in [-0.3, -0.25) is 14.3 Å². The largest absolute Gasteiger partial charge is 0.391 e. The van der Waals surface area contributed by atoms with Crippen molar-refractivity contribution in [2.75, 3.05) is 6.54 Å². The van der Waals surface area contributed by atoms with Crippen molar-refractivity contribution in [3.8, 4) is 11.3 Å². The van der Waals surface area contributed by atoms with Crippen molar-refractivity contribution in [2.24, 2.45) is 13.0 Å². The zero-order valence-corrected chi connectivity index (χ0v) is 19.9. The molecule has 1 saturated heterocycles. The van der Waals surface area contributed by atoms with Crippen molar-refractivity contribution >= 4 is 11.8 Å². The molecule has 180 valence electrons. The molecular formula is C25H31N5O4. The SMILES string of the molecule is CC(C)C(C(=O)N1C[C@H](O)C[C@H]1C(=O)N[C@@H](C)c1ccc(-c2ccnn2C)cc1)c1ccno1. The monoisotopic (exact) mass is 465 g/mol. The zero-order valence-electron chi connectivity index (χ0n) is 19.9. The quantitative estimate of drug-likeness (QED) is 0.555. The molecule has 1 aromatic carbocycles. The summed E-state index contributed by atoms with van der Waals surface area (Å²) >= 11 is 0. The number of rotatable bonds is 7. The van der Waals surface area contributed by atoms with E-state index in [-0.39, 0.29) is 36.7 Å². The summed E-state index contributed by atoms with van der Waals surface area (Å²) in [4.78, 5) is 28.1. The summed E-state index contributed by atoms with van der Waals surface area (Å²) in [5.74, 6) is -0.689. The summed E-state index contributed by atoms with van der Waals surface area (Å²) < 4.78 is 7.07. The lowest BCUT2D eigenvalue weighted by Crippen LogP contribution is -2.48. The fraction of sp³-hybridized carbons (Fsp3) is 0.440. The van der Waals surface area contributed by atoms with Crippen LogP contribution in [0, 0.1) is 5.92 Å². The summed E-state index contributed by atoms with van der Waals surface area (Å²) in [6.45, 7) is 5.86. The number of aliphatic hydroxyl groups is 1. The van der Waals surface area contributed by atoms with Crippen LogP contribution in [-0.4, -0.2) is 55.4 Å². The summed E-state index contributed by atoms with van der Waals surface area (Å²) in [5, 5.41) is 21.2. The summed E-state index contributed by atoms with van der Waals surface area (Å²) in [6, 6.07) is 10.5. The highest BCUT2D eigenvalue weighted by molar-refractivity contribution is 5.91. The van der Waals surface area contributed by atoms with E-state index in [1.807, 2.05) is 58.2 Å². The Morgan fingerprint density at radius 2 is 1.85 bits per heavy atom. The van der Waals surface area contributed by atoms with Gasteiger partial charge in [-0.25, -0.2) is 0 Å². The first-order valence-corrected chi connectivity index (χ1v) is 11.5. The molecule has 9 nitrogen and oxygen atoms in total. The van der Waals surface area contributed by atoms with Gasteiger partial charge in [-0.1, -0.05) is 43.3 Å². The lowest BCUT2D eigenvalue weighted by atomic mass is 9.91. The minimum atomic E-state index is -0.754. The van der Waals surface area contributed by atoms with Crippen molar-refractivity contribution in [3.63, 3.8) is 0 Å². The van der Waals surface area contributed by atoms with Crippen molar-refractivity contribution in [3.05, 3.63) is 60.1 Å². The fourth-order valence-corrected chi connectivity index (χ4v) is 4.60. The Morgan fingerprint density at radius 3 is 2.44 bits per heavy atom. The molecule has 0 saturated carbocycles. The van der Waals surface area contributed by atoms with Gasteiger partial charge >= 0.3 is 0 Å². The molecule has 0 aliphatic carbocycles. The van der Waals surface area contributed by atoms with Gasteiger partial charge in [0, 0.05) is 32.3 Å². The molecule has 1 unspecified atom stereocenters. The first-order chi connectivity index (χ1) is 16.3. The van der Waals surface area contributed by atoms with Gasteiger partial charge in [0.15, 0.2) is 0 Å². The first-order valence-electron chi connectivity index (χ1n) is 11.5. The number of aromatic nitrogens is 3. The van der Waals surface area contributed by atoms with Crippen molar-refractivity contribution in [1.29, 1.82) is 0 Å². The average molecular weight is 466 g/mol. The van der Waals surface area contributed by atoms with Crippen LogP contribution in [0.5, 0.6) is 0 Å². The highest BCUT2D eigenvalue weighted by Crippen LogP contribution is 2.31. The molecular weight excluding hydrogens is 434 g/mol. The Kier molecular flexibility index (Phi) is 6.83. The van der Waals surface area contributed by atoms with E-state index >= 15 is 0 Å². The number of benzene rings is 1. The third-order valence-electron chi connectivity index (χ3n) is 6.45. The number of amides is 2. The average Bonchev–Trinajstić information content (AvgIpc) is 3.55. The van der Waals surface area contributed by atoms with Gasteiger partial charge in [-0.05, 0) is 30.0 Å². The zero-order chi connectivity index (χ0) is 24.4. The van der Waals surface area contributed by atoms with Gasteiger partial charge in [0.1, 0.15) is 17.7 Å². The van der Waals surface area contributed by atoms with Gasteiger partial charge in [-0.2, -0.15) is 5.10 Å². The number of carbonyl (C=O) groups excluding carboxylic acids is 2. The van der Waals surface area contributed by atoms with Crippen LogP contribution >= 0.6 is 0 Å². The fourth-order valence-electron chi connectivity index (χ4n) is 4.60. The molecule has 1 aliphatic heterocycles. The Bertz CT molecular complexity index is 1120. The van der Waals surface area contributed by atoms with Crippen LogP contribution in [0.3, 0.4) is 0 Å². The van der Waals surface area contributed by atoms with Crippen LogP contribution in [0.4, 0.5) is 0 Å². The number of carbonyl (C=O) groups is 2. The Balaban J connectivity index is 1.47. The number of hydrogen-bond donors (Lipinski definition) is 2. The van der Waals surface area contributed by atoms with E-state index in [1.54, 1.807) is 16.9 Å². The third-order valence-corrected chi connectivity index (χ3v) is 6.45. The minimum absolute atomic E-state index is 0.0567. The molecule has 3 aromatic rings. The maximum atomic E-state index is 13.4. The van der Waals surface area contributed by atoms with E-state index in [0.717, 1.165) is 16.8 Å². The van der Waals surface area contributed by atoms with Crippen molar-refractivity contribution in [1.82, 2.24) is 25.2 Å². The van der Waals surface area contributed by atoms with Crippen LogP contribution < -0.4 is 5.32 Å². The van der Waals surface area contributed by atoms with Gasteiger partial charge in [0.2, 0.25) is 11.8 Å². The van der Waals surface area contributed by atoms with E-state index in [4.69, 9.17) is 4.52 Å². The Hall–Kier alpha value is -3.46. The summed E-state index contributed by atoms with van der Waals surface area (Å²) in [6.07, 6.45) is 2.70. The van der Waals surface area contributed by atoms with Crippen molar-refractivity contribution < 1.29 is 19.2 Å². The molecule has 4 rings (SSSR count). The van der Waals surface area contributed by atoms with Gasteiger partial charge < -0.3 is 19.8 Å². The number of likely N-dealkylation sites (tertiary alicyclic amines) is 1. The van der Waals surface area contributed by atoms with Crippen LogP contribution in [-0.2, 0) is 16.6 Å². The Morgan fingerprint density at radius 1 is 1.12 bits per heavy atom. The van der Waals surface area contributed by atoms with Crippen LogP contribution in [0.25, 0.3) is 11.3 Å². The summed E-state index contributed by atoms with van der Waals surface area (Å²) in [7, 11) is 1.89. The maximum Gasteiger partial charge on any atom is 0.243 e. The highest BCUT2D eigenvalue weighted by atomic mass is 16.5. The normalized spacial score (nSPS) is 19.9. The topological polar surface area (TPSA) is 113 Å². The molecule has 2 amide bonds. The lowest BCUT2D eigenvalue weighted by Gasteiger charge is -2.29. The molecule has 2 aromatic heterocycles. The third kappa shape index (κ3) is 4.75. The van der Waals surface area contributed by atoms with E-state index in [2.05, 4.69) is 15.6 Å².